The maximum Gasteiger partial charge on any atom is 0.295 e. The summed E-state index contributed by atoms with van der Waals surface area (Å²) >= 11 is 0. The van der Waals surface area contributed by atoms with Gasteiger partial charge in [-0.05, 0) is 35.9 Å². The lowest BCUT2D eigenvalue weighted by molar-refractivity contribution is -0.140. The number of aliphatic hydroxyl groups excluding tert-OH is 1. The normalized spacial score (nSPS) is 18.1. The molecule has 0 unspecified atom stereocenters. The van der Waals surface area contributed by atoms with Crippen molar-refractivity contribution in [3.63, 3.8) is 0 Å². The van der Waals surface area contributed by atoms with Crippen molar-refractivity contribution in [3.05, 3.63) is 78.1 Å². The van der Waals surface area contributed by atoms with Crippen LogP contribution in [0.4, 0.5) is 0 Å². The summed E-state index contributed by atoms with van der Waals surface area (Å²) < 4.78 is 10.5. The molecule has 7 nitrogen and oxygen atoms in total. The van der Waals surface area contributed by atoms with Crippen LogP contribution in [0.15, 0.2) is 67.0 Å². The SMILES string of the molecule is C=CCOc1ccc(/C(O)=C2\C(=O)C(=O)N(CCOC)[C@@H]2c2cccnc2)cc1. The number of carbonyl (C=O) groups excluding carboxylic acids is 2. The molecule has 1 fully saturated rings. The van der Waals surface area contributed by atoms with E-state index in [0.717, 1.165) is 0 Å². The van der Waals surface area contributed by atoms with Crippen molar-refractivity contribution in [1.29, 1.82) is 0 Å². The second kappa shape index (κ2) is 9.16. The lowest BCUT2D eigenvalue weighted by Gasteiger charge is -2.24. The van der Waals surface area contributed by atoms with Gasteiger partial charge in [-0.25, -0.2) is 0 Å². The number of nitrogens with zero attached hydrogens (tertiary/aromatic N) is 2. The molecule has 0 aliphatic carbocycles. The lowest BCUT2D eigenvalue weighted by Crippen LogP contribution is -2.32. The molecule has 2 heterocycles. The van der Waals surface area contributed by atoms with Gasteiger partial charge >= 0.3 is 0 Å². The van der Waals surface area contributed by atoms with Gasteiger partial charge in [0.25, 0.3) is 11.7 Å². The van der Waals surface area contributed by atoms with E-state index in [1.807, 2.05) is 0 Å². The maximum atomic E-state index is 12.8. The first-order valence-electron chi connectivity index (χ1n) is 9.10. The van der Waals surface area contributed by atoms with Crippen LogP contribution in [0, 0.1) is 0 Å². The van der Waals surface area contributed by atoms with E-state index >= 15 is 0 Å². The van der Waals surface area contributed by atoms with E-state index < -0.39 is 17.7 Å². The molecule has 1 aliphatic heterocycles. The summed E-state index contributed by atoms with van der Waals surface area (Å²) in [5, 5.41) is 10.9. The van der Waals surface area contributed by atoms with Gasteiger partial charge in [0.15, 0.2) is 0 Å². The molecule has 1 aliphatic rings. The molecule has 0 saturated carbocycles. The van der Waals surface area contributed by atoms with Gasteiger partial charge in [0.2, 0.25) is 0 Å². The largest absolute Gasteiger partial charge is 0.507 e. The Morgan fingerprint density at radius 2 is 2.03 bits per heavy atom. The van der Waals surface area contributed by atoms with E-state index in [2.05, 4.69) is 11.6 Å². The molecule has 0 bridgehead atoms. The Bertz CT molecular complexity index is 922. The quantitative estimate of drug-likeness (QED) is 0.321. The third kappa shape index (κ3) is 4.20. The molecular weight excluding hydrogens is 372 g/mol. The number of likely N-dealkylation sites (tertiary alicyclic amines) is 1. The molecule has 150 valence electrons. The highest BCUT2D eigenvalue weighted by molar-refractivity contribution is 6.46. The van der Waals surface area contributed by atoms with Crippen molar-refractivity contribution in [2.45, 2.75) is 6.04 Å². The van der Waals surface area contributed by atoms with Gasteiger partial charge in [0.05, 0.1) is 18.2 Å². The number of ketones is 1. The standard InChI is InChI=1S/C22H22N2O5/c1-3-12-29-17-8-6-15(7-9-17)20(25)18-19(16-5-4-10-23-14-16)24(11-13-28-2)22(27)21(18)26/h3-10,14,19,25H,1,11-13H2,2H3/b20-18+/t19-/m1/s1. The summed E-state index contributed by atoms with van der Waals surface area (Å²) in [6, 6.07) is 9.38. The predicted molar refractivity (Wildman–Crippen MR) is 107 cm³/mol. The van der Waals surface area contributed by atoms with E-state index in [1.165, 1.54) is 12.0 Å². The molecule has 1 amide bonds. The zero-order valence-corrected chi connectivity index (χ0v) is 16.1. The number of aliphatic hydroxyl groups is 1. The summed E-state index contributed by atoms with van der Waals surface area (Å²) in [6.07, 6.45) is 4.81. The fraction of sp³-hybridized carbons (Fsp3) is 0.227. The Hall–Kier alpha value is -3.45. The second-order valence-electron chi connectivity index (χ2n) is 6.40. The number of methoxy groups -OCH3 is 1. The highest BCUT2D eigenvalue weighted by Crippen LogP contribution is 2.39. The van der Waals surface area contributed by atoms with Gasteiger partial charge < -0.3 is 19.5 Å². The number of ether oxygens (including phenoxy) is 2. The molecule has 1 N–H and O–H groups in total. The number of benzene rings is 1. The van der Waals surface area contributed by atoms with Crippen molar-refractivity contribution in [1.82, 2.24) is 9.88 Å². The lowest BCUT2D eigenvalue weighted by atomic mass is 9.96. The van der Waals surface area contributed by atoms with Crippen molar-refractivity contribution in [2.24, 2.45) is 0 Å². The monoisotopic (exact) mass is 394 g/mol. The minimum atomic E-state index is -0.740. The Labute approximate surface area is 168 Å². The van der Waals surface area contributed by atoms with E-state index in [9.17, 15) is 14.7 Å². The van der Waals surface area contributed by atoms with E-state index in [-0.39, 0.29) is 24.5 Å². The molecule has 2 aromatic rings. The number of hydrogen-bond acceptors (Lipinski definition) is 6. The van der Waals surface area contributed by atoms with Crippen molar-refractivity contribution >= 4 is 17.4 Å². The summed E-state index contributed by atoms with van der Waals surface area (Å²) in [5.41, 5.74) is 1.07. The van der Waals surface area contributed by atoms with Crippen LogP contribution in [0.1, 0.15) is 17.2 Å². The maximum absolute atomic E-state index is 12.8. The average molecular weight is 394 g/mol. The van der Waals surface area contributed by atoms with Crippen molar-refractivity contribution in [3.8, 4) is 5.75 Å². The number of Topliss-reactive ketones (excluding diaryl/α,β-unsaturated/α-hetero) is 1. The van der Waals surface area contributed by atoms with Crippen LogP contribution >= 0.6 is 0 Å². The third-order valence-corrected chi connectivity index (χ3v) is 4.57. The van der Waals surface area contributed by atoms with Crippen LogP contribution in [-0.2, 0) is 14.3 Å². The first kappa shape index (κ1) is 20.3. The van der Waals surface area contributed by atoms with Crippen molar-refractivity contribution in [2.75, 3.05) is 26.9 Å². The molecule has 29 heavy (non-hydrogen) atoms. The van der Waals surface area contributed by atoms with Gasteiger partial charge in [0.1, 0.15) is 18.1 Å². The molecule has 1 saturated heterocycles. The summed E-state index contributed by atoms with van der Waals surface area (Å²) in [4.78, 5) is 30.9. The molecule has 0 spiro atoms. The summed E-state index contributed by atoms with van der Waals surface area (Å²) in [7, 11) is 1.52. The summed E-state index contributed by atoms with van der Waals surface area (Å²) in [5.74, 6) is -1.05. The van der Waals surface area contributed by atoms with E-state index in [1.54, 1.807) is 54.9 Å². The number of rotatable bonds is 8. The number of aromatic nitrogens is 1. The van der Waals surface area contributed by atoms with Gasteiger partial charge in [0, 0.05) is 31.6 Å². The Balaban J connectivity index is 2.04. The van der Waals surface area contributed by atoms with Crippen molar-refractivity contribution < 1.29 is 24.2 Å². The highest BCUT2D eigenvalue weighted by atomic mass is 16.5. The topological polar surface area (TPSA) is 89.0 Å². The highest BCUT2D eigenvalue weighted by Gasteiger charge is 2.45. The minimum absolute atomic E-state index is 0.0267. The van der Waals surface area contributed by atoms with Crippen LogP contribution in [0.2, 0.25) is 0 Å². The fourth-order valence-corrected chi connectivity index (χ4v) is 3.20. The van der Waals surface area contributed by atoms with Crippen LogP contribution in [0.3, 0.4) is 0 Å². The Morgan fingerprint density at radius 1 is 1.28 bits per heavy atom. The number of hydrogen-bond donors (Lipinski definition) is 1. The van der Waals surface area contributed by atoms with Gasteiger partial charge in [-0.1, -0.05) is 18.7 Å². The zero-order valence-electron chi connectivity index (χ0n) is 16.1. The van der Waals surface area contributed by atoms with E-state index in [0.29, 0.717) is 23.5 Å². The summed E-state index contributed by atoms with van der Waals surface area (Å²) in [6.45, 7) is 4.43. The number of pyridine rings is 1. The van der Waals surface area contributed by atoms with Gasteiger partial charge in [-0.3, -0.25) is 14.6 Å². The number of carbonyl (C=O) groups is 2. The third-order valence-electron chi connectivity index (χ3n) is 4.57. The second-order valence-corrected chi connectivity index (χ2v) is 6.40. The fourth-order valence-electron chi connectivity index (χ4n) is 3.20. The van der Waals surface area contributed by atoms with Crippen LogP contribution in [0.25, 0.3) is 5.76 Å². The smallest absolute Gasteiger partial charge is 0.295 e. The first-order chi connectivity index (χ1) is 14.1. The molecule has 1 aromatic heterocycles. The minimum Gasteiger partial charge on any atom is -0.507 e. The Morgan fingerprint density at radius 3 is 2.66 bits per heavy atom. The molecule has 1 aromatic carbocycles. The van der Waals surface area contributed by atoms with Gasteiger partial charge in [-0.15, -0.1) is 0 Å². The van der Waals surface area contributed by atoms with Gasteiger partial charge in [-0.2, -0.15) is 0 Å². The molecule has 3 rings (SSSR count). The van der Waals surface area contributed by atoms with E-state index in [4.69, 9.17) is 9.47 Å². The molecular formula is C22H22N2O5. The van der Waals surface area contributed by atoms with Crippen LogP contribution in [-0.4, -0.2) is 53.5 Å². The average Bonchev–Trinajstić information content (AvgIpc) is 3.01. The molecule has 0 radical (unpaired) electrons. The molecule has 7 heteroatoms. The number of amides is 1. The predicted octanol–water partition coefficient (Wildman–Crippen LogP) is 2.71. The van der Waals surface area contributed by atoms with Crippen LogP contribution < -0.4 is 4.74 Å². The molecule has 1 atom stereocenters. The first-order valence-corrected chi connectivity index (χ1v) is 9.10. The zero-order chi connectivity index (χ0) is 20.8. The van der Waals surface area contributed by atoms with Crippen LogP contribution in [0.5, 0.6) is 5.75 Å². The Kier molecular flexibility index (Phi) is 6.41.